The molecule has 0 aromatic heterocycles. The molecule has 0 aromatic carbocycles. The smallest absolute Gasteiger partial charge is 0.410 e. The first kappa shape index (κ1) is 14.7. The highest BCUT2D eigenvalue weighted by atomic mass is 16.6. The third-order valence-corrected chi connectivity index (χ3v) is 2.81. The Hall–Kier alpha value is -1.39. The van der Waals surface area contributed by atoms with Gasteiger partial charge >= 0.3 is 6.09 Å². The lowest BCUT2D eigenvalue weighted by Gasteiger charge is -2.32. The van der Waals surface area contributed by atoms with Crippen molar-refractivity contribution >= 4 is 17.7 Å². The lowest BCUT2D eigenvalue weighted by molar-refractivity contribution is -0.135. The number of nitrogens with zero attached hydrogens (tertiary/aromatic N) is 1. The zero-order valence-electron chi connectivity index (χ0n) is 11.5. The Kier molecular flexibility index (Phi) is 4.48. The summed E-state index contributed by atoms with van der Waals surface area (Å²) in [5.41, 5.74) is -0.567. The Morgan fingerprint density at radius 1 is 1.39 bits per heavy atom. The van der Waals surface area contributed by atoms with Crippen molar-refractivity contribution in [1.82, 2.24) is 4.90 Å². The van der Waals surface area contributed by atoms with Crippen molar-refractivity contribution < 1.29 is 19.1 Å². The first-order chi connectivity index (χ1) is 8.24. The molecule has 1 aliphatic rings. The maximum atomic E-state index is 11.9. The molecule has 0 radical (unpaired) electrons. The van der Waals surface area contributed by atoms with E-state index in [1.54, 1.807) is 27.7 Å². The van der Waals surface area contributed by atoms with Crippen molar-refractivity contribution in [2.24, 2.45) is 5.92 Å². The Balaban J connectivity index is 2.67. The zero-order valence-corrected chi connectivity index (χ0v) is 11.5. The van der Waals surface area contributed by atoms with E-state index in [9.17, 15) is 14.4 Å². The van der Waals surface area contributed by atoms with Gasteiger partial charge in [-0.2, -0.15) is 0 Å². The van der Waals surface area contributed by atoms with E-state index in [4.69, 9.17) is 4.74 Å². The van der Waals surface area contributed by atoms with Crippen LogP contribution in [0.1, 0.15) is 40.5 Å². The number of Topliss-reactive ketones (excluding diaryl/α,β-unsaturated/α-hetero) is 2. The highest BCUT2D eigenvalue weighted by Crippen LogP contribution is 2.18. The molecule has 1 atom stereocenters. The highest BCUT2D eigenvalue weighted by molar-refractivity contribution is 6.03. The summed E-state index contributed by atoms with van der Waals surface area (Å²) >= 11 is 0. The Bertz CT molecular complexity index is 348. The summed E-state index contributed by atoms with van der Waals surface area (Å²) in [7, 11) is 0. The molecule has 0 saturated carbocycles. The lowest BCUT2D eigenvalue weighted by atomic mass is 9.91. The Morgan fingerprint density at radius 3 is 2.50 bits per heavy atom. The van der Waals surface area contributed by atoms with Gasteiger partial charge in [0, 0.05) is 25.9 Å². The quantitative estimate of drug-likeness (QED) is 0.706. The van der Waals surface area contributed by atoms with Gasteiger partial charge in [-0.3, -0.25) is 9.59 Å². The molecule has 1 amide bonds. The van der Waals surface area contributed by atoms with Crippen LogP contribution < -0.4 is 0 Å². The van der Waals surface area contributed by atoms with Crippen LogP contribution in [0, 0.1) is 5.92 Å². The minimum atomic E-state index is -0.670. The van der Waals surface area contributed by atoms with E-state index in [0.29, 0.717) is 13.0 Å². The van der Waals surface area contributed by atoms with E-state index in [0.717, 1.165) is 0 Å². The largest absolute Gasteiger partial charge is 0.444 e. The number of piperidine rings is 1. The first-order valence-corrected chi connectivity index (χ1v) is 6.28. The maximum Gasteiger partial charge on any atom is 0.410 e. The van der Waals surface area contributed by atoms with Gasteiger partial charge < -0.3 is 9.64 Å². The number of likely N-dealkylation sites (tertiary alicyclic amines) is 1. The van der Waals surface area contributed by atoms with Crippen LogP contribution in [0.15, 0.2) is 0 Å². The summed E-state index contributed by atoms with van der Waals surface area (Å²) in [4.78, 5) is 36.6. The summed E-state index contributed by atoms with van der Waals surface area (Å²) in [5.74, 6) is -0.841. The van der Waals surface area contributed by atoms with Gasteiger partial charge in [0.25, 0.3) is 0 Å². The average Bonchev–Trinajstić information content (AvgIpc) is 2.26. The predicted molar refractivity (Wildman–Crippen MR) is 66.2 cm³/mol. The number of carbonyl (C=O) groups is 3. The summed E-state index contributed by atoms with van der Waals surface area (Å²) in [6.45, 7) is 7.57. The molecule has 102 valence electrons. The predicted octanol–water partition coefficient (Wildman–Crippen LogP) is 1.79. The number of ketones is 2. The Morgan fingerprint density at radius 2 is 2.00 bits per heavy atom. The van der Waals surface area contributed by atoms with Crippen molar-refractivity contribution in [1.29, 1.82) is 0 Å². The van der Waals surface area contributed by atoms with Crippen LogP contribution in [-0.2, 0) is 14.3 Å². The monoisotopic (exact) mass is 255 g/mol. The lowest BCUT2D eigenvalue weighted by Crippen LogP contribution is -2.48. The van der Waals surface area contributed by atoms with Crippen LogP contribution in [0.3, 0.4) is 0 Å². The van der Waals surface area contributed by atoms with E-state index >= 15 is 0 Å². The van der Waals surface area contributed by atoms with Gasteiger partial charge in [-0.25, -0.2) is 4.79 Å². The minimum Gasteiger partial charge on any atom is -0.444 e. The van der Waals surface area contributed by atoms with Crippen LogP contribution in [0.5, 0.6) is 0 Å². The molecule has 0 aliphatic carbocycles. The molecule has 1 rings (SSSR count). The van der Waals surface area contributed by atoms with Gasteiger partial charge in [0.1, 0.15) is 17.2 Å². The molecule has 1 aliphatic heterocycles. The second-order valence-corrected chi connectivity index (χ2v) is 5.52. The number of ether oxygens (including phenoxy) is 1. The average molecular weight is 255 g/mol. The molecule has 1 fully saturated rings. The van der Waals surface area contributed by atoms with Crippen LogP contribution in [-0.4, -0.2) is 41.3 Å². The highest BCUT2D eigenvalue weighted by Gasteiger charge is 2.35. The number of carbonyl (C=O) groups excluding carboxylic acids is 3. The minimum absolute atomic E-state index is 0.0679. The molecule has 0 N–H and O–H groups in total. The molecule has 18 heavy (non-hydrogen) atoms. The van der Waals surface area contributed by atoms with Crippen LogP contribution in [0.2, 0.25) is 0 Å². The Labute approximate surface area is 107 Å². The molecule has 1 unspecified atom stereocenters. The number of hydrogen-bond donors (Lipinski definition) is 0. The third kappa shape index (κ3) is 3.82. The van der Waals surface area contributed by atoms with Crippen LogP contribution in [0.4, 0.5) is 4.79 Å². The molecular formula is C13H21NO4. The fourth-order valence-corrected chi connectivity index (χ4v) is 1.85. The van der Waals surface area contributed by atoms with E-state index < -0.39 is 17.6 Å². The van der Waals surface area contributed by atoms with Gasteiger partial charge in [-0.05, 0) is 20.8 Å². The van der Waals surface area contributed by atoms with E-state index in [1.165, 1.54) is 4.90 Å². The fraction of sp³-hybridized carbons (Fsp3) is 0.769. The fourth-order valence-electron chi connectivity index (χ4n) is 1.85. The maximum absolute atomic E-state index is 11.9. The van der Waals surface area contributed by atoms with Gasteiger partial charge in [0.05, 0.1) is 5.92 Å². The third-order valence-electron chi connectivity index (χ3n) is 2.81. The molecule has 5 heteroatoms. The molecule has 0 bridgehead atoms. The van der Waals surface area contributed by atoms with E-state index in [2.05, 4.69) is 0 Å². The molecule has 0 spiro atoms. The summed E-state index contributed by atoms with van der Waals surface area (Å²) in [6, 6.07) is 0. The van der Waals surface area contributed by atoms with Gasteiger partial charge in [0.15, 0.2) is 0 Å². The normalized spacial score (nSPS) is 20.8. The molecule has 1 heterocycles. The molecule has 1 saturated heterocycles. The van der Waals surface area contributed by atoms with Crippen molar-refractivity contribution in [3.63, 3.8) is 0 Å². The van der Waals surface area contributed by atoms with E-state index in [1.807, 2.05) is 0 Å². The van der Waals surface area contributed by atoms with Crippen molar-refractivity contribution in [2.75, 3.05) is 13.1 Å². The van der Waals surface area contributed by atoms with Crippen LogP contribution >= 0.6 is 0 Å². The summed E-state index contributed by atoms with van der Waals surface area (Å²) < 4.78 is 5.24. The van der Waals surface area contributed by atoms with Gasteiger partial charge in [-0.15, -0.1) is 0 Å². The topological polar surface area (TPSA) is 63.7 Å². The van der Waals surface area contributed by atoms with Crippen molar-refractivity contribution in [3.8, 4) is 0 Å². The molecule has 5 nitrogen and oxygen atoms in total. The number of hydrogen-bond acceptors (Lipinski definition) is 4. The molecular weight excluding hydrogens is 234 g/mol. The summed E-state index contributed by atoms with van der Waals surface area (Å²) in [6.07, 6.45) is 0.0951. The SMILES string of the molecule is CCC(=O)C1CN(C(=O)OC(C)(C)C)CCC1=O. The number of rotatable bonds is 2. The van der Waals surface area contributed by atoms with Crippen LogP contribution in [0.25, 0.3) is 0 Å². The summed E-state index contributed by atoms with van der Waals surface area (Å²) in [5, 5.41) is 0. The van der Waals surface area contributed by atoms with Crippen molar-refractivity contribution in [3.05, 3.63) is 0 Å². The zero-order chi connectivity index (χ0) is 13.9. The second-order valence-electron chi connectivity index (χ2n) is 5.52. The second kappa shape index (κ2) is 5.50. The molecule has 0 aromatic rings. The van der Waals surface area contributed by atoms with Gasteiger partial charge in [-0.1, -0.05) is 6.92 Å². The standard InChI is InChI=1S/C13H21NO4/c1-5-10(15)9-8-14(7-6-11(9)16)12(17)18-13(2,3)4/h9H,5-8H2,1-4H3. The first-order valence-electron chi connectivity index (χ1n) is 6.28. The van der Waals surface area contributed by atoms with Gasteiger partial charge in [0.2, 0.25) is 0 Å². The number of amides is 1. The van der Waals surface area contributed by atoms with Crippen molar-refractivity contribution in [2.45, 2.75) is 46.1 Å². The van der Waals surface area contributed by atoms with E-state index in [-0.39, 0.29) is 24.5 Å².